The highest BCUT2D eigenvalue weighted by molar-refractivity contribution is 5.61. The van der Waals surface area contributed by atoms with Gasteiger partial charge in [0.05, 0.1) is 6.61 Å². The first-order valence-electron chi connectivity index (χ1n) is 7.93. The summed E-state index contributed by atoms with van der Waals surface area (Å²) in [6.45, 7) is 5.48. The minimum absolute atomic E-state index is 0.701. The second-order valence-corrected chi connectivity index (χ2v) is 6.18. The van der Waals surface area contributed by atoms with Crippen LogP contribution < -0.4 is 5.32 Å². The van der Waals surface area contributed by atoms with Crippen molar-refractivity contribution in [3.8, 4) is 0 Å². The molecule has 2 aliphatic rings. The molecule has 20 heavy (non-hydrogen) atoms. The molecule has 2 aliphatic heterocycles. The van der Waals surface area contributed by atoms with E-state index >= 15 is 0 Å². The average molecular weight is 274 g/mol. The Balaban J connectivity index is 1.68. The molecule has 110 valence electrons. The Hall–Kier alpha value is -1.06. The first-order chi connectivity index (χ1) is 9.86. The molecule has 0 spiro atoms. The van der Waals surface area contributed by atoms with Crippen molar-refractivity contribution >= 4 is 5.69 Å². The molecule has 0 radical (unpaired) electrons. The number of anilines is 1. The van der Waals surface area contributed by atoms with Crippen LogP contribution in [0.1, 0.15) is 30.4 Å². The molecular weight excluding hydrogens is 248 g/mol. The SMILES string of the molecule is COCC1CCCCN(Cc2cccc3c2NCC3)C1. The molecule has 1 atom stereocenters. The Morgan fingerprint density at radius 2 is 2.30 bits per heavy atom. The summed E-state index contributed by atoms with van der Waals surface area (Å²) in [5.74, 6) is 0.701. The maximum atomic E-state index is 5.37. The summed E-state index contributed by atoms with van der Waals surface area (Å²) in [6, 6.07) is 6.76. The van der Waals surface area contributed by atoms with E-state index in [1.54, 1.807) is 0 Å². The van der Waals surface area contributed by atoms with Gasteiger partial charge >= 0.3 is 0 Å². The van der Waals surface area contributed by atoms with Crippen LogP contribution in [0.4, 0.5) is 5.69 Å². The van der Waals surface area contributed by atoms with Crippen LogP contribution in [0.15, 0.2) is 18.2 Å². The minimum Gasteiger partial charge on any atom is -0.384 e. The van der Waals surface area contributed by atoms with Gasteiger partial charge in [0, 0.05) is 32.4 Å². The van der Waals surface area contributed by atoms with Crippen LogP contribution in [0.5, 0.6) is 0 Å². The van der Waals surface area contributed by atoms with Crippen molar-refractivity contribution in [1.82, 2.24) is 4.90 Å². The molecule has 0 bridgehead atoms. The number of para-hydroxylation sites is 1. The van der Waals surface area contributed by atoms with E-state index in [0.717, 1.165) is 19.7 Å². The Morgan fingerprint density at radius 1 is 1.35 bits per heavy atom. The molecule has 3 rings (SSSR count). The highest BCUT2D eigenvalue weighted by atomic mass is 16.5. The van der Waals surface area contributed by atoms with Gasteiger partial charge in [-0.15, -0.1) is 0 Å². The third kappa shape index (κ3) is 3.15. The van der Waals surface area contributed by atoms with E-state index in [9.17, 15) is 0 Å². The van der Waals surface area contributed by atoms with Gasteiger partial charge in [0.1, 0.15) is 0 Å². The summed E-state index contributed by atoms with van der Waals surface area (Å²) in [7, 11) is 1.82. The van der Waals surface area contributed by atoms with Crippen molar-refractivity contribution in [3.05, 3.63) is 29.3 Å². The van der Waals surface area contributed by atoms with Crippen LogP contribution in [-0.4, -0.2) is 38.3 Å². The molecule has 0 aromatic heterocycles. The Kier molecular flexibility index (Phi) is 4.58. The van der Waals surface area contributed by atoms with Crippen LogP contribution in [0, 0.1) is 5.92 Å². The lowest BCUT2D eigenvalue weighted by Gasteiger charge is -2.25. The number of methoxy groups -OCH3 is 1. The van der Waals surface area contributed by atoms with Gasteiger partial charge in [0.25, 0.3) is 0 Å². The lowest BCUT2D eigenvalue weighted by atomic mass is 10.0. The van der Waals surface area contributed by atoms with Crippen molar-refractivity contribution in [2.45, 2.75) is 32.2 Å². The molecule has 3 heteroatoms. The number of benzene rings is 1. The van der Waals surface area contributed by atoms with Crippen molar-refractivity contribution in [3.63, 3.8) is 0 Å². The molecule has 2 heterocycles. The van der Waals surface area contributed by atoms with Gasteiger partial charge < -0.3 is 10.1 Å². The van der Waals surface area contributed by atoms with E-state index in [0.29, 0.717) is 5.92 Å². The second kappa shape index (κ2) is 6.59. The van der Waals surface area contributed by atoms with E-state index in [4.69, 9.17) is 4.74 Å². The number of nitrogens with zero attached hydrogens (tertiary/aromatic N) is 1. The van der Waals surface area contributed by atoms with E-state index in [1.165, 1.54) is 55.6 Å². The summed E-state index contributed by atoms with van der Waals surface area (Å²) in [5, 5.41) is 3.56. The van der Waals surface area contributed by atoms with Crippen LogP contribution in [-0.2, 0) is 17.7 Å². The molecule has 1 aromatic carbocycles. The van der Waals surface area contributed by atoms with Crippen LogP contribution >= 0.6 is 0 Å². The van der Waals surface area contributed by atoms with Gasteiger partial charge in [0.2, 0.25) is 0 Å². The van der Waals surface area contributed by atoms with Crippen LogP contribution in [0.25, 0.3) is 0 Å². The summed E-state index contributed by atoms with van der Waals surface area (Å²) >= 11 is 0. The zero-order valence-electron chi connectivity index (χ0n) is 12.5. The van der Waals surface area contributed by atoms with Gasteiger partial charge in [-0.3, -0.25) is 4.90 Å². The fourth-order valence-corrected chi connectivity index (χ4v) is 3.62. The molecule has 1 N–H and O–H groups in total. The van der Waals surface area contributed by atoms with Gasteiger partial charge in [-0.1, -0.05) is 24.6 Å². The number of fused-ring (bicyclic) bond motifs is 1. The number of likely N-dealkylation sites (tertiary alicyclic amines) is 1. The quantitative estimate of drug-likeness (QED) is 0.913. The summed E-state index contributed by atoms with van der Waals surface area (Å²) in [5.41, 5.74) is 4.36. The van der Waals surface area contributed by atoms with E-state index in [2.05, 4.69) is 28.4 Å². The molecule has 1 fully saturated rings. The summed E-state index contributed by atoms with van der Waals surface area (Å²) in [4.78, 5) is 2.62. The molecule has 1 aromatic rings. The summed E-state index contributed by atoms with van der Waals surface area (Å²) in [6.07, 6.45) is 5.16. The zero-order chi connectivity index (χ0) is 13.8. The van der Waals surface area contributed by atoms with Gasteiger partial charge in [0.15, 0.2) is 0 Å². The number of hydrogen-bond acceptors (Lipinski definition) is 3. The topological polar surface area (TPSA) is 24.5 Å². The first kappa shape index (κ1) is 13.9. The third-order valence-electron chi connectivity index (χ3n) is 4.58. The molecule has 3 nitrogen and oxygen atoms in total. The zero-order valence-corrected chi connectivity index (χ0v) is 12.5. The maximum Gasteiger partial charge on any atom is 0.0502 e. The number of rotatable bonds is 4. The smallest absolute Gasteiger partial charge is 0.0502 e. The van der Waals surface area contributed by atoms with Gasteiger partial charge in [-0.05, 0) is 42.9 Å². The highest BCUT2D eigenvalue weighted by Gasteiger charge is 2.20. The van der Waals surface area contributed by atoms with Crippen molar-refractivity contribution < 1.29 is 4.74 Å². The van der Waals surface area contributed by atoms with Crippen molar-refractivity contribution in [2.75, 3.05) is 38.7 Å². The second-order valence-electron chi connectivity index (χ2n) is 6.18. The molecule has 1 unspecified atom stereocenters. The van der Waals surface area contributed by atoms with Gasteiger partial charge in [-0.25, -0.2) is 0 Å². The monoisotopic (exact) mass is 274 g/mol. The number of ether oxygens (including phenoxy) is 1. The van der Waals surface area contributed by atoms with Gasteiger partial charge in [-0.2, -0.15) is 0 Å². The van der Waals surface area contributed by atoms with Crippen molar-refractivity contribution in [1.29, 1.82) is 0 Å². The summed E-state index contributed by atoms with van der Waals surface area (Å²) < 4.78 is 5.37. The molecule has 0 amide bonds. The van der Waals surface area contributed by atoms with Crippen molar-refractivity contribution in [2.24, 2.45) is 5.92 Å². The normalized spacial score (nSPS) is 23.1. The fourth-order valence-electron chi connectivity index (χ4n) is 3.62. The Bertz CT molecular complexity index is 447. The lowest BCUT2D eigenvalue weighted by Crippen LogP contribution is -2.30. The minimum atomic E-state index is 0.701. The van der Waals surface area contributed by atoms with E-state index in [-0.39, 0.29) is 0 Å². The molecule has 0 saturated carbocycles. The lowest BCUT2D eigenvalue weighted by molar-refractivity contribution is 0.124. The first-order valence-corrected chi connectivity index (χ1v) is 7.93. The largest absolute Gasteiger partial charge is 0.384 e. The highest BCUT2D eigenvalue weighted by Crippen LogP contribution is 2.28. The Labute approximate surface area is 122 Å². The standard InChI is InChI=1S/C17H26N2O/c1-20-13-14-5-2-3-10-19(11-14)12-16-7-4-6-15-8-9-18-17(15)16/h4,6-7,14,18H,2-3,5,8-13H2,1H3. The molecule has 0 aliphatic carbocycles. The predicted octanol–water partition coefficient (Wildman–Crippen LogP) is 2.90. The van der Waals surface area contributed by atoms with Crippen LogP contribution in [0.2, 0.25) is 0 Å². The molecule has 1 saturated heterocycles. The van der Waals surface area contributed by atoms with Crippen LogP contribution in [0.3, 0.4) is 0 Å². The third-order valence-corrected chi connectivity index (χ3v) is 4.58. The predicted molar refractivity (Wildman–Crippen MR) is 83.1 cm³/mol. The van der Waals surface area contributed by atoms with E-state index in [1.807, 2.05) is 7.11 Å². The average Bonchev–Trinajstić information content (AvgIpc) is 2.83. The van der Waals surface area contributed by atoms with E-state index < -0.39 is 0 Å². The number of hydrogen-bond donors (Lipinski definition) is 1. The maximum absolute atomic E-state index is 5.37. The number of nitrogens with one attached hydrogen (secondary N) is 1. The Morgan fingerprint density at radius 3 is 3.20 bits per heavy atom. The molecular formula is C17H26N2O. The fraction of sp³-hybridized carbons (Fsp3) is 0.647.